The topological polar surface area (TPSA) is 57.2 Å². The van der Waals surface area contributed by atoms with Crippen LogP contribution in [0.4, 0.5) is 5.69 Å². The summed E-state index contributed by atoms with van der Waals surface area (Å²) in [6.07, 6.45) is 2.16. The average molecular weight is 330 g/mol. The molecule has 124 valence electrons. The Labute approximate surface area is 145 Å². The second-order valence-corrected chi connectivity index (χ2v) is 6.40. The van der Waals surface area contributed by atoms with Crippen LogP contribution in [0, 0.1) is 18.3 Å². The Balaban J connectivity index is 2.03. The van der Waals surface area contributed by atoms with Crippen molar-refractivity contribution in [2.24, 2.45) is 0 Å². The normalized spacial score (nSPS) is 14.0. The maximum atomic E-state index is 12.5. The van der Waals surface area contributed by atoms with Crippen LogP contribution in [-0.4, -0.2) is 13.1 Å². The summed E-state index contributed by atoms with van der Waals surface area (Å²) in [5, 5.41) is 11.6. The molecule has 1 aromatic heterocycles. The predicted molar refractivity (Wildman–Crippen MR) is 98.8 cm³/mol. The summed E-state index contributed by atoms with van der Waals surface area (Å²) in [7, 11) is 0. The van der Waals surface area contributed by atoms with Gasteiger partial charge < -0.3 is 9.32 Å². The van der Waals surface area contributed by atoms with Crippen molar-refractivity contribution in [1.29, 1.82) is 5.26 Å². The maximum absolute atomic E-state index is 12.5. The van der Waals surface area contributed by atoms with Gasteiger partial charge in [-0.1, -0.05) is 42.5 Å². The van der Waals surface area contributed by atoms with Gasteiger partial charge in [0.2, 0.25) is 0 Å². The van der Waals surface area contributed by atoms with Gasteiger partial charge in [0.25, 0.3) is 0 Å². The zero-order valence-corrected chi connectivity index (χ0v) is 14.1. The molecule has 1 saturated heterocycles. The molecule has 2 aromatic carbocycles. The van der Waals surface area contributed by atoms with Gasteiger partial charge in [0, 0.05) is 24.2 Å². The van der Waals surface area contributed by atoms with Crippen molar-refractivity contribution in [3.8, 4) is 17.4 Å². The molecule has 1 aliphatic rings. The van der Waals surface area contributed by atoms with Gasteiger partial charge in [-0.25, -0.2) is 4.79 Å². The van der Waals surface area contributed by atoms with E-state index in [0.29, 0.717) is 5.76 Å². The molecule has 0 saturated carbocycles. The second-order valence-electron chi connectivity index (χ2n) is 6.40. The molecule has 3 aromatic rings. The highest BCUT2D eigenvalue weighted by Crippen LogP contribution is 2.36. The highest BCUT2D eigenvalue weighted by atomic mass is 16.4. The van der Waals surface area contributed by atoms with Crippen molar-refractivity contribution in [2.45, 2.75) is 19.8 Å². The van der Waals surface area contributed by atoms with Crippen LogP contribution in [-0.2, 0) is 0 Å². The zero-order valence-electron chi connectivity index (χ0n) is 14.1. The zero-order chi connectivity index (χ0) is 17.4. The first-order valence-electron chi connectivity index (χ1n) is 8.51. The fourth-order valence-electron chi connectivity index (χ4n) is 3.73. The van der Waals surface area contributed by atoms with E-state index in [4.69, 9.17) is 4.42 Å². The summed E-state index contributed by atoms with van der Waals surface area (Å²) in [6, 6.07) is 16.0. The van der Waals surface area contributed by atoms with E-state index in [9.17, 15) is 10.1 Å². The number of nitrogens with zero attached hydrogens (tertiary/aromatic N) is 2. The Morgan fingerprint density at radius 1 is 1.08 bits per heavy atom. The summed E-state index contributed by atoms with van der Waals surface area (Å²) in [5.74, 6) is 0.558. The van der Waals surface area contributed by atoms with E-state index in [2.05, 4.69) is 4.90 Å². The highest BCUT2D eigenvalue weighted by molar-refractivity contribution is 5.96. The molecule has 0 aliphatic carbocycles. The lowest BCUT2D eigenvalue weighted by molar-refractivity contribution is 0.520. The summed E-state index contributed by atoms with van der Waals surface area (Å²) in [6.45, 7) is 3.68. The smallest absolute Gasteiger partial charge is 0.356 e. The van der Waals surface area contributed by atoms with E-state index >= 15 is 0 Å². The molecule has 0 N–H and O–H groups in total. The first kappa shape index (κ1) is 15.5. The van der Waals surface area contributed by atoms with Crippen molar-refractivity contribution in [2.75, 3.05) is 18.0 Å². The minimum atomic E-state index is -0.557. The number of benzene rings is 2. The monoisotopic (exact) mass is 330 g/mol. The van der Waals surface area contributed by atoms with E-state index in [0.717, 1.165) is 53.5 Å². The van der Waals surface area contributed by atoms with Crippen molar-refractivity contribution >= 4 is 16.5 Å². The van der Waals surface area contributed by atoms with Gasteiger partial charge in [-0.3, -0.25) is 0 Å². The fraction of sp³-hybridized carbons (Fsp3) is 0.238. The van der Waals surface area contributed by atoms with Crippen LogP contribution in [0.25, 0.3) is 22.1 Å². The number of anilines is 1. The molecule has 25 heavy (non-hydrogen) atoms. The molecule has 0 unspecified atom stereocenters. The number of fused-ring (bicyclic) bond motifs is 1. The first-order valence-corrected chi connectivity index (χ1v) is 8.51. The van der Waals surface area contributed by atoms with E-state index < -0.39 is 5.63 Å². The molecule has 0 bridgehead atoms. The molecule has 0 atom stereocenters. The van der Waals surface area contributed by atoms with Gasteiger partial charge >= 0.3 is 5.63 Å². The minimum absolute atomic E-state index is 0.114. The lowest BCUT2D eigenvalue weighted by Crippen LogP contribution is -2.23. The van der Waals surface area contributed by atoms with Crippen LogP contribution in [0.15, 0.2) is 51.7 Å². The Morgan fingerprint density at radius 3 is 2.56 bits per heavy atom. The van der Waals surface area contributed by atoms with Gasteiger partial charge in [0.1, 0.15) is 11.8 Å². The SMILES string of the molecule is Cc1c(-c2cccc3ccccc23)oc(=O)c(C#N)c1N1CCCC1. The van der Waals surface area contributed by atoms with Crippen LogP contribution >= 0.6 is 0 Å². The number of hydrogen-bond donors (Lipinski definition) is 0. The summed E-state index contributed by atoms with van der Waals surface area (Å²) < 4.78 is 5.62. The van der Waals surface area contributed by atoms with Gasteiger partial charge in [-0.05, 0) is 30.5 Å². The molecule has 2 heterocycles. The lowest BCUT2D eigenvalue weighted by atomic mass is 9.98. The van der Waals surface area contributed by atoms with Crippen LogP contribution < -0.4 is 10.5 Å². The third-order valence-electron chi connectivity index (χ3n) is 4.90. The maximum Gasteiger partial charge on any atom is 0.356 e. The van der Waals surface area contributed by atoms with Crippen LogP contribution in [0.1, 0.15) is 24.0 Å². The van der Waals surface area contributed by atoms with Crippen LogP contribution in [0.3, 0.4) is 0 Å². The highest BCUT2D eigenvalue weighted by Gasteiger charge is 2.25. The molecule has 0 spiro atoms. The van der Waals surface area contributed by atoms with Gasteiger partial charge in [-0.15, -0.1) is 0 Å². The third kappa shape index (κ3) is 2.49. The first-order chi connectivity index (χ1) is 12.2. The fourth-order valence-corrected chi connectivity index (χ4v) is 3.73. The molecule has 0 amide bonds. The molecular formula is C21H18N2O2. The number of hydrogen-bond acceptors (Lipinski definition) is 4. The second kappa shape index (κ2) is 6.10. The number of nitriles is 1. The Bertz CT molecular complexity index is 1050. The van der Waals surface area contributed by atoms with E-state index in [1.54, 1.807) is 0 Å². The van der Waals surface area contributed by atoms with Gasteiger partial charge in [0.15, 0.2) is 5.56 Å². The predicted octanol–water partition coefficient (Wildman–Crippen LogP) is 4.24. The molecule has 1 aliphatic heterocycles. The van der Waals surface area contributed by atoms with Gasteiger partial charge in [0.05, 0.1) is 5.69 Å². The Kier molecular flexibility index (Phi) is 3.77. The quantitative estimate of drug-likeness (QED) is 0.705. The molecule has 4 rings (SSSR count). The molecule has 1 fully saturated rings. The van der Waals surface area contributed by atoms with E-state index in [1.807, 2.05) is 55.5 Å². The lowest BCUT2D eigenvalue weighted by Gasteiger charge is -2.22. The van der Waals surface area contributed by atoms with E-state index in [-0.39, 0.29) is 5.56 Å². The molecule has 4 nitrogen and oxygen atoms in total. The van der Waals surface area contributed by atoms with Crippen molar-refractivity contribution in [1.82, 2.24) is 0 Å². The van der Waals surface area contributed by atoms with Gasteiger partial charge in [-0.2, -0.15) is 5.26 Å². The molecule has 0 radical (unpaired) electrons. The summed E-state index contributed by atoms with van der Waals surface area (Å²) in [4.78, 5) is 14.6. The Morgan fingerprint density at radius 2 is 1.80 bits per heavy atom. The van der Waals surface area contributed by atoms with Crippen molar-refractivity contribution in [3.05, 3.63) is 64.0 Å². The van der Waals surface area contributed by atoms with Crippen LogP contribution in [0.2, 0.25) is 0 Å². The molecule has 4 heteroatoms. The van der Waals surface area contributed by atoms with Crippen LogP contribution in [0.5, 0.6) is 0 Å². The van der Waals surface area contributed by atoms with Crippen molar-refractivity contribution < 1.29 is 4.42 Å². The molecular weight excluding hydrogens is 312 g/mol. The third-order valence-corrected chi connectivity index (χ3v) is 4.90. The largest absolute Gasteiger partial charge is 0.421 e. The number of rotatable bonds is 2. The standard InChI is InChI=1S/C21H18N2O2/c1-14-19(23-11-4-5-12-23)18(13-22)21(24)25-20(14)17-10-6-8-15-7-2-3-9-16(15)17/h2-3,6-10H,4-5,11-12H2,1H3. The van der Waals surface area contributed by atoms with Crippen molar-refractivity contribution in [3.63, 3.8) is 0 Å². The minimum Gasteiger partial charge on any atom is -0.421 e. The Hall–Kier alpha value is -3.06. The summed E-state index contributed by atoms with van der Waals surface area (Å²) in [5.41, 5.74) is 2.03. The van der Waals surface area contributed by atoms with E-state index in [1.165, 1.54) is 0 Å². The summed E-state index contributed by atoms with van der Waals surface area (Å²) >= 11 is 0. The average Bonchev–Trinajstić information content (AvgIpc) is 3.16.